The van der Waals surface area contributed by atoms with Crippen LogP contribution in [0, 0.1) is 6.92 Å². The lowest BCUT2D eigenvalue weighted by Gasteiger charge is -2.05. The largest absolute Gasteiger partial charge is 0.326 e. The van der Waals surface area contributed by atoms with Crippen molar-refractivity contribution in [1.82, 2.24) is 4.72 Å². The lowest BCUT2D eigenvalue weighted by molar-refractivity contribution is 0.583. The molecule has 0 radical (unpaired) electrons. The van der Waals surface area contributed by atoms with Gasteiger partial charge in [-0.3, -0.25) is 0 Å². The molecule has 2 aromatic rings. The van der Waals surface area contributed by atoms with Gasteiger partial charge in [0.05, 0.1) is 0 Å². The molecule has 1 aromatic carbocycles. The topological polar surface area (TPSA) is 72.2 Å². The Morgan fingerprint density at radius 1 is 1.30 bits per heavy atom. The lowest BCUT2D eigenvalue weighted by Crippen LogP contribution is -2.22. The molecule has 7 heteroatoms. The maximum atomic E-state index is 12.2. The fourth-order valence-electron chi connectivity index (χ4n) is 1.68. The Hall–Kier alpha value is -0.920. The summed E-state index contributed by atoms with van der Waals surface area (Å²) >= 11 is 6.99. The van der Waals surface area contributed by atoms with Crippen molar-refractivity contribution in [3.63, 3.8) is 0 Å². The molecular weight excluding hydrogens is 316 g/mol. The molecule has 3 N–H and O–H groups in total. The van der Waals surface area contributed by atoms with Crippen LogP contribution < -0.4 is 10.5 Å². The van der Waals surface area contributed by atoms with Crippen molar-refractivity contribution in [3.8, 4) is 0 Å². The molecule has 0 spiro atoms. The summed E-state index contributed by atoms with van der Waals surface area (Å²) in [5.74, 6) is 0. The summed E-state index contributed by atoms with van der Waals surface area (Å²) in [6.45, 7) is 2.44. The molecule has 0 fully saturated rings. The van der Waals surface area contributed by atoms with Crippen molar-refractivity contribution in [2.75, 3.05) is 0 Å². The fourth-order valence-corrected chi connectivity index (χ4v) is 4.33. The van der Waals surface area contributed by atoms with E-state index in [0.717, 1.165) is 16.0 Å². The Morgan fingerprint density at radius 2 is 1.95 bits per heavy atom. The van der Waals surface area contributed by atoms with Crippen LogP contribution in [-0.2, 0) is 23.1 Å². The van der Waals surface area contributed by atoms with Crippen LogP contribution in [0.1, 0.15) is 16.0 Å². The first-order valence-electron chi connectivity index (χ1n) is 5.96. The van der Waals surface area contributed by atoms with Crippen LogP contribution in [0.3, 0.4) is 0 Å². The van der Waals surface area contributed by atoms with Crippen LogP contribution in [-0.4, -0.2) is 8.42 Å². The number of hydrogen-bond donors (Lipinski definition) is 2. The van der Waals surface area contributed by atoms with Crippen LogP contribution in [0.2, 0.25) is 5.02 Å². The predicted octanol–water partition coefficient (Wildman–Crippen LogP) is 2.65. The van der Waals surface area contributed by atoms with Crippen molar-refractivity contribution >= 4 is 33.0 Å². The first kappa shape index (κ1) is 15.5. The van der Waals surface area contributed by atoms with Gasteiger partial charge in [0, 0.05) is 23.0 Å². The van der Waals surface area contributed by atoms with Crippen molar-refractivity contribution < 1.29 is 8.42 Å². The first-order chi connectivity index (χ1) is 9.42. The van der Waals surface area contributed by atoms with Gasteiger partial charge in [0.15, 0.2) is 0 Å². The summed E-state index contributed by atoms with van der Waals surface area (Å²) in [6, 6.07) is 8.68. The molecule has 108 valence electrons. The van der Waals surface area contributed by atoms with Crippen LogP contribution in [0.4, 0.5) is 0 Å². The average molecular weight is 331 g/mol. The van der Waals surface area contributed by atoms with Gasteiger partial charge in [0.25, 0.3) is 0 Å². The summed E-state index contributed by atoms with van der Waals surface area (Å²) in [5, 5.41) is 0.623. The Bertz CT molecular complexity index is 694. The van der Waals surface area contributed by atoms with Crippen LogP contribution in [0.25, 0.3) is 0 Å². The van der Waals surface area contributed by atoms with E-state index >= 15 is 0 Å². The zero-order chi connectivity index (χ0) is 14.8. The van der Waals surface area contributed by atoms with Gasteiger partial charge in [0.1, 0.15) is 4.21 Å². The standard InChI is InChI=1S/C13H15ClN2O2S2/c1-9-6-13(19-12(9)7-15)20(17,18)16-8-10-2-4-11(14)5-3-10/h2-6,16H,7-8,15H2,1H3. The van der Waals surface area contributed by atoms with E-state index in [1.54, 1.807) is 30.3 Å². The number of nitrogens with one attached hydrogen (secondary N) is 1. The average Bonchev–Trinajstić information content (AvgIpc) is 2.80. The maximum absolute atomic E-state index is 12.2. The smallest absolute Gasteiger partial charge is 0.250 e. The molecule has 0 atom stereocenters. The molecule has 0 saturated heterocycles. The Kier molecular flexibility index (Phi) is 4.82. The zero-order valence-corrected chi connectivity index (χ0v) is 13.3. The molecule has 0 unspecified atom stereocenters. The molecule has 0 bridgehead atoms. The highest BCUT2D eigenvalue weighted by Gasteiger charge is 2.18. The molecule has 0 aliphatic carbocycles. The van der Waals surface area contributed by atoms with E-state index in [9.17, 15) is 8.42 Å². The second-order valence-electron chi connectivity index (χ2n) is 4.33. The molecule has 20 heavy (non-hydrogen) atoms. The van der Waals surface area contributed by atoms with E-state index in [-0.39, 0.29) is 6.54 Å². The van der Waals surface area contributed by atoms with Crippen LogP contribution in [0.15, 0.2) is 34.5 Å². The summed E-state index contributed by atoms with van der Waals surface area (Å²) in [6.07, 6.45) is 0. The van der Waals surface area contributed by atoms with Gasteiger partial charge in [-0.25, -0.2) is 13.1 Å². The Morgan fingerprint density at radius 3 is 2.50 bits per heavy atom. The normalized spacial score (nSPS) is 11.8. The number of sulfonamides is 1. The van der Waals surface area contributed by atoms with E-state index < -0.39 is 10.0 Å². The van der Waals surface area contributed by atoms with Crippen LogP contribution in [0.5, 0.6) is 0 Å². The van der Waals surface area contributed by atoms with Gasteiger partial charge in [-0.15, -0.1) is 11.3 Å². The van der Waals surface area contributed by atoms with E-state index in [4.69, 9.17) is 17.3 Å². The van der Waals surface area contributed by atoms with Crippen LogP contribution >= 0.6 is 22.9 Å². The van der Waals surface area contributed by atoms with Crippen molar-refractivity contribution in [2.24, 2.45) is 5.73 Å². The lowest BCUT2D eigenvalue weighted by atomic mass is 10.2. The van der Waals surface area contributed by atoms with Crippen molar-refractivity contribution in [1.29, 1.82) is 0 Å². The van der Waals surface area contributed by atoms with Gasteiger partial charge in [-0.05, 0) is 36.2 Å². The van der Waals surface area contributed by atoms with E-state index in [1.807, 2.05) is 6.92 Å². The molecule has 2 rings (SSSR count). The third kappa shape index (κ3) is 3.59. The number of benzene rings is 1. The number of nitrogens with two attached hydrogens (primary N) is 1. The first-order valence-corrected chi connectivity index (χ1v) is 8.63. The van der Waals surface area contributed by atoms with E-state index in [0.29, 0.717) is 15.8 Å². The molecule has 4 nitrogen and oxygen atoms in total. The highest BCUT2D eigenvalue weighted by molar-refractivity contribution is 7.91. The van der Waals surface area contributed by atoms with Gasteiger partial charge in [-0.1, -0.05) is 23.7 Å². The Labute approximate surface area is 127 Å². The number of hydrogen-bond acceptors (Lipinski definition) is 4. The molecule has 1 heterocycles. The zero-order valence-electron chi connectivity index (χ0n) is 10.9. The number of thiophene rings is 1. The second kappa shape index (κ2) is 6.24. The molecule has 0 saturated carbocycles. The summed E-state index contributed by atoms with van der Waals surface area (Å²) < 4.78 is 27.2. The highest BCUT2D eigenvalue weighted by atomic mass is 35.5. The molecular formula is C13H15ClN2O2S2. The van der Waals surface area contributed by atoms with E-state index in [1.165, 1.54) is 11.3 Å². The third-order valence-corrected chi connectivity index (χ3v) is 6.21. The third-order valence-electron chi connectivity index (χ3n) is 2.83. The quantitative estimate of drug-likeness (QED) is 0.885. The minimum absolute atomic E-state index is 0.231. The van der Waals surface area contributed by atoms with Gasteiger partial charge < -0.3 is 5.73 Å². The number of halogens is 1. The van der Waals surface area contributed by atoms with Gasteiger partial charge in [-0.2, -0.15) is 0 Å². The molecule has 0 aliphatic rings. The minimum atomic E-state index is -3.50. The van der Waals surface area contributed by atoms with E-state index in [2.05, 4.69) is 4.72 Å². The predicted molar refractivity (Wildman–Crippen MR) is 82.4 cm³/mol. The summed E-state index contributed by atoms with van der Waals surface area (Å²) in [5.41, 5.74) is 7.33. The molecule has 0 amide bonds. The summed E-state index contributed by atoms with van der Waals surface area (Å²) in [4.78, 5) is 0.886. The van der Waals surface area contributed by atoms with Crippen molar-refractivity contribution in [3.05, 3.63) is 51.4 Å². The maximum Gasteiger partial charge on any atom is 0.250 e. The molecule has 1 aromatic heterocycles. The Balaban J connectivity index is 2.12. The fraction of sp³-hybridized carbons (Fsp3) is 0.231. The SMILES string of the molecule is Cc1cc(S(=O)(=O)NCc2ccc(Cl)cc2)sc1CN. The van der Waals surface area contributed by atoms with Gasteiger partial charge >= 0.3 is 0 Å². The van der Waals surface area contributed by atoms with Gasteiger partial charge in [0.2, 0.25) is 10.0 Å². The highest BCUT2D eigenvalue weighted by Crippen LogP contribution is 2.25. The molecule has 0 aliphatic heterocycles. The number of rotatable bonds is 5. The monoisotopic (exact) mass is 330 g/mol. The van der Waals surface area contributed by atoms with Crippen molar-refractivity contribution in [2.45, 2.75) is 24.2 Å². The summed E-state index contributed by atoms with van der Waals surface area (Å²) in [7, 11) is -3.50. The second-order valence-corrected chi connectivity index (χ2v) is 7.89. The number of aryl methyl sites for hydroxylation is 1. The minimum Gasteiger partial charge on any atom is -0.326 e.